The first-order valence-corrected chi connectivity index (χ1v) is 8.99. The SMILES string of the molecule is COc1ccc(N2CCN(C(=S)Nc3ccccc3C#N)CC2C)cc1. The van der Waals surface area contributed by atoms with E-state index in [0.717, 1.165) is 31.1 Å². The van der Waals surface area contributed by atoms with Gasteiger partial charge in [-0.2, -0.15) is 5.26 Å². The zero-order valence-electron chi connectivity index (χ0n) is 15.0. The lowest BCUT2D eigenvalue weighted by Crippen LogP contribution is -2.54. The number of ether oxygens (including phenoxy) is 1. The number of nitrogens with zero attached hydrogens (tertiary/aromatic N) is 3. The van der Waals surface area contributed by atoms with Crippen molar-refractivity contribution in [2.24, 2.45) is 0 Å². The molecule has 1 heterocycles. The Balaban J connectivity index is 1.64. The van der Waals surface area contributed by atoms with E-state index >= 15 is 0 Å². The molecule has 0 aromatic heterocycles. The number of rotatable bonds is 3. The number of benzene rings is 2. The van der Waals surface area contributed by atoms with Crippen molar-refractivity contribution in [3.8, 4) is 11.8 Å². The highest BCUT2D eigenvalue weighted by atomic mass is 32.1. The van der Waals surface area contributed by atoms with Crippen molar-refractivity contribution in [1.82, 2.24) is 4.90 Å². The van der Waals surface area contributed by atoms with Crippen LogP contribution in [0.2, 0.25) is 0 Å². The van der Waals surface area contributed by atoms with E-state index in [2.05, 4.69) is 40.2 Å². The number of thiocarbonyl (C=S) groups is 1. The van der Waals surface area contributed by atoms with Crippen molar-refractivity contribution in [1.29, 1.82) is 5.26 Å². The van der Waals surface area contributed by atoms with Gasteiger partial charge >= 0.3 is 0 Å². The van der Waals surface area contributed by atoms with Gasteiger partial charge < -0.3 is 19.9 Å². The minimum atomic E-state index is 0.322. The zero-order valence-corrected chi connectivity index (χ0v) is 15.8. The summed E-state index contributed by atoms with van der Waals surface area (Å²) >= 11 is 5.57. The van der Waals surface area contributed by atoms with Crippen LogP contribution in [-0.4, -0.2) is 42.8 Å². The number of methoxy groups -OCH3 is 1. The highest BCUT2D eigenvalue weighted by molar-refractivity contribution is 7.80. The molecule has 2 aromatic rings. The second-order valence-corrected chi connectivity index (χ2v) is 6.66. The van der Waals surface area contributed by atoms with E-state index < -0.39 is 0 Å². The Hall–Kier alpha value is -2.78. The summed E-state index contributed by atoms with van der Waals surface area (Å²) in [7, 11) is 1.68. The lowest BCUT2D eigenvalue weighted by molar-refractivity contribution is 0.342. The van der Waals surface area contributed by atoms with Crippen LogP contribution in [0.5, 0.6) is 5.75 Å². The van der Waals surface area contributed by atoms with Crippen LogP contribution >= 0.6 is 12.2 Å². The smallest absolute Gasteiger partial charge is 0.173 e. The highest BCUT2D eigenvalue weighted by Crippen LogP contribution is 2.24. The minimum absolute atomic E-state index is 0.322. The second kappa shape index (κ2) is 8.07. The summed E-state index contributed by atoms with van der Waals surface area (Å²) in [6.07, 6.45) is 0. The maximum Gasteiger partial charge on any atom is 0.173 e. The predicted molar refractivity (Wildman–Crippen MR) is 109 cm³/mol. The number of hydrogen-bond donors (Lipinski definition) is 1. The molecule has 1 N–H and O–H groups in total. The summed E-state index contributed by atoms with van der Waals surface area (Å²) in [6.45, 7) is 4.74. The largest absolute Gasteiger partial charge is 0.497 e. The molecule has 1 fully saturated rings. The van der Waals surface area contributed by atoms with E-state index in [4.69, 9.17) is 17.0 Å². The van der Waals surface area contributed by atoms with Gasteiger partial charge in [0, 0.05) is 31.4 Å². The van der Waals surface area contributed by atoms with Crippen molar-refractivity contribution < 1.29 is 4.74 Å². The first-order valence-electron chi connectivity index (χ1n) is 8.58. The van der Waals surface area contributed by atoms with Crippen molar-refractivity contribution in [2.45, 2.75) is 13.0 Å². The van der Waals surface area contributed by atoms with Crippen molar-refractivity contribution >= 4 is 28.7 Å². The van der Waals surface area contributed by atoms with E-state index in [1.54, 1.807) is 13.2 Å². The van der Waals surface area contributed by atoms with E-state index in [9.17, 15) is 5.26 Å². The number of piperazine rings is 1. The summed E-state index contributed by atoms with van der Waals surface area (Å²) in [5.74, 6) is 0.863. The molecule has 26 heavy (non-hydrogen) atoms. The summed E-state index contributed by atoms with van der Waals surface area (Å²) in [5.41, 5.74) is 2.54. The summed E-state index contributed by atoms with van der Waals surface area (Å²) in [4.78, 5) is 4.54. The highest BCUT2D eigenvalue weighted by Gasteiger charge is 2.25. The number of anilines is 2. The third-order valence-electron chi connectivity index (χ3n) is 4.61. The monoisotopic (exact) mass is 366 g/mol. The maximum absolute atomic E-state index is 9.22. The van der Waals surface area contributed by atoms with Gasteiger partial charge in [-0.15, -0.1) is 0 Å². The zero-order chi connectivity index (χ0) is 18.5. The average Bonchev–Trinajstić information content (AvgIpc) is 2.68. The Kier molecular flexibility index (Phi) is 5.59. The van der Waals surface area contributed by atoms with Crippen LogP contribution in [0, 0.1) is 11.3 Å². The van der Waals surface area contributed by atoms with Gasteiger partial charge in [-0.3, -0.25) is 0 Å². The molecule has 3 rings (SSSR count). The first-order chi connectivity index (χ1) is 12.6. The van der Waals surface area contributed by atoms with Gasteiger partial charge in [-0.25, -0.2) is 0 Å². The number of hydrogen-bond acceptors (Lipinski definition) is 4. The van der Waals surface area contributed by atoms with Gasteiger partial charge in [0.15, 0.2) is 5.11 Å². The van der Waals surface area contributed by atoms with Gasteiger partial charge in [0.05, 0.1) is 18.4 Å². The van der Waals surface area contributed by atoms with Crippen LogP contribution in [0.25, 0.3) is 0 Å². The Morgan fingerprint density at radius 3 is 2.58 bits per heavy atom. The fourth-order valence-electron chi connectivity index (χ4n) is 3.18. The Bertz CT molecular complexity index is 815. The van der Waals surface area contributed by atoms with E-state index in [-0.39, 0.29) is 0 Å². The Labute approximate surface area is 159 Å². The van der Waals surface area contributed by atoms with Crippen molar-refractivity contribution in [2.75, 3.05) is 37.0 Å². The van der Waals surface area contributed by atoms with Gasteiger partial charge in [0.2, 0.25) is 0 Å². The van der Waals surface area contributed by atoms with Crippen LogP contribution in [0.4, 0.5) is 11.4 Å². The molecule has 0 radical (unpaired) electrons. The van der Waals surface area contributed by atoms with Crippen LogP contribution in [0.3, 0.4) is 0 Å². The van der Waals surface area contributed by atoms with Gasteiger partial charge in [0.1, 0.15) is 11.8 Å². The molecule has 0 spiro atoms. The Morgan fingerprint density at radius 1 is 1.19 bits per heavy atom. The van der Waals surface area contributed by atoms with Gasteiger partial charge in [0.25, 0.3) is 0 Å². The molecular weight excluding hydrogens is 344 g/mol. The molecule has 0 aliphatic carbocycles. The normalized spacial score (nSPS) is 16.7. The Morgan fingerprint density at radius 2 is 1.92 bits per heavy atom. The fourth-order valence-corrected chi connectivity index (χ4v) is 3.46. The topological polar surface area (TPSA) is 51.5 Å². The van der Waals surface area contributed by atoms with Crippen LogP contribution in [-0.2, 0) is 0 Å². The van der Waals surface area contributed by atoms with E-state index in [1.165, 1.54) is 5.69 Å². The summed E-state index contributed by atoms with van der Waals surface area (Å²) < 4.78 is 5.23. The first kappa shape index (κ1) is 18.0. The third-order valence-corrected chi connectivity index (χ3v) is 4.97. The average molecular weight is 366 g/mol. The summed E-state index contributed by atoms with van der Waals surface area (Å²) in [5, 5.41) is 13.1. The number of para-hydroxylation sites is 1. The molecule has 1 aliphatic heterocycles. The lowest BCUT2D eigenvalue weighted by atomic mass is 10.1. The van der Waals surface area contributed by atoms with Gasteiger partial charge in [-0.05, 0) is 55.5 Å². The molecule has 1 atom stereocenters. The molecule has 0 amide bonds. The van der Waals surface area contributed by atoms with Crippen LogP contribution in [0.1, 0.15) is 12.5 Å². The standard InChI is InChI=1S/C20H22N4OS/c1-15-14-23(20(26)22-19-6-4-3-5-16(19)13-21)11-12-24(15)17-7-9-18(25-2)10-8-17/h3-10,15H,11-12,14H2,1-2H3,(H,22,26). The molecule has 0 bridgehead atoms. The van der Waals surface area contributed by atoms with E-state index in [1.807, 2.05) is 30.3 Å². The molecule has 1 saturated heterocycles. The quantitative estimate of drug-likeness (QED) is 0.840. The second-order valence-electron chi connectivity index (χ2n) is 6.27. The summed E-state index contributed by atoms with van der Waals surface area (Å²) in [6, 6.07) is 18.1. The molecule has 134 valence electrons. The number of nitriles is 1. The molecule has 6 heteroatoms. The molecule has 1 unspecified atom stereocenters. The predicted octanol–water partition coefficient (Wildman–Crippen LogP) is 3.47. The minimum Gasteiger partial charge on any atom is -0.497 e. The lowest BCUT2D eigenvalue weighted by Gasteiger charge is -2.42. The van der Waals surface area contributed by atoms with Crippen molar-refractivity contribution in [3.05, 3.63) is 54.1 Å². The van der Waals surface area contributed by atoms with Crippen molar-refractivity contribution in [3.63, 3.8) is 0 Å². The number of nitrogens with one attached hydrogen (secondary N) is 1. The molecular formula is C20H22N4OS. The molecule has 1 aliphatic rings. The van der Waals surface area contributed by atoms with Gasteiger partial charge in [-0.1, -0.05) is 12.1 Å². The molecule has 5 nitrogen and oxygen atoms in total. The van der Waals surface area contributed by atoms with E-state index in [0.29, 0.717) is 16.7 Å². The van der Waals surface area contributed by atoms with Crippen LogP contribution < -0.4 is 15.0 Å². The fraction of sp³-hybridized carbons (Fsp3) is 0.300. The van der Waals surface area contributed by atoms with Crippen LogP contribution in [0.15, 0.2) is 48.5 Å². The molecule has 2 aromatic carbocycles. The maximum atomic E-state index is 9.22. The third kappa shape index (κ3) is 3.89. The molecule has 0 saturated carbocycles.